The standard InChI is InChI=1S/C22H15ClN4O4/c23-14-6-8-15(9-7-14)25-22(29)18-17-3-1-2-12-26(17)20(19(18)24)21(28)13-4-10-16(11-5-13)27(30)31/h1-12H,24H2,(H,25,29). The first-order valence-corrected chi connectivity index (χ1v) is 9.49. The molecule has 2 aromatic carbocycles. The van der Waals surface area contributed by atoms with Crippen molar-refractivity contribution in [1.29, 1.82) is 0 Å². The van der Waals surface area contributed by atoms with Gasteiger partial charge in [0.2, 0.25) is 5.78 Å². The number of fused-ring (bicyclic) bond motifs is 1. The fourth-order valence-electron chi connectivity index (χ4n) is 3.30. The van der Waals surface area contributed by atoms with Gasteiger partial charge in [-0.1, -0.05) is 17.7 Å². The van der Waals surface area contributed by atoms with E-state index in [4.69, 9.17) is 17.3 Å². The summed E-state index contributed by atoms with van der Waals surface area (Å²) < 4.78 is 1.54. The molecule has 0 aliphatic heterocycles. The molecule has 0 radical (unpaired) electrons. The van der Waals surface area contributed by atoms with Gasteiger partial charge >= 0.3 is 0 Å². The highest BCUT2D eigenvalue weighted by Crippen LogP contribution is 2.29. The molecule has 154 valence electrons. The molecule has 0 fully saturated rings. The fourth-order valence-corrected chi connectivity index (χ4v) is 3.42. The van der Waals surface area contributed by atoms with Crippen LogP contribution >= 0.6 is 11.6 Å². The summed E-state index contributed by atoms with van der Waals surface area (Å²) in [5.74, 6) is -0.939. The van der Waals surface area contributed by atoms with Crippen LogP contribution in [0.25, 0.3) is 5.52 Å². The fraction of sp³-hybridized carbons (Fsp3) is 0. The number of amides is 1. The number of hydrogen-bond acceptors (Lipinski definition) is 5. The topological polar surface area (TPSA) is 120 Å². The molecule has 8 nitrogen and oxygen atoms in total. The Morgan fingerprint density at radius 3 is 2.32 bits per heavy atom. The van der Waals surface area contributed by atoms with E-state index in [-0.39, 0.29) is 28.2 Å². The molecule has 0 saturated carbocycles. The number of nitrogen functional groups attached to an aromatic ring is 1. The lowest BCUT2D eigenvalue weighted by molar-refractivity contribution is -0.384. The van der Waals surface area contributed by atoms with Crippen molar-refractivity contribution in [2.24, 2.45) is 0 Å². The zero-order chi connectivity index (χ0) is 22.1. The summed E-state index contributed by atoms with van der Waals surface area (Å²) in [5.41, 5.74) is 7.61. The van der Waals surface area contributed by atoms with Gasteiger partial charge in [0.25, 0.3) is 11.6 Å². The van der Waals surface area contributed by atoms with Crippen LogP contribution < -0.4 is 11.1 Å². The SMILES string of the molecule is Nc1c(C(=O)Nc2ccc(Cl)cc2)c2ccccn2c1C(=O)c1ccc([N+](=O)[O-])cc1. The maximum atomic E-state index is 13.2. The smallest absolute Gasteiger partial charge is 0.269 e. The number of carbonyl (C=O) groups excluding carboxylic acids is 2. The molecule has 2 heterocycles. The minimum absolute atomic E-state index is 0.0148. The molecule has 3 N–H and O–H groups in total. The normalized spacial score (nSPS) is 10.7. The Bertz CT molecular complexity index is 1330. The highest BCUT2D eigenvalue weighted by Gasteiger charge is 2.26. The molecule has 0 aliphatic rings. The number of non-ortho nitro benzene ring substituents is 1. The summed E-state index contributed by atoms with van der Waals surface area (Å²) in [6.07, 6.45) is 1.63. The number of nitrogens with two attached hydrogens (primary N) is 1. The van der Waals surface area contributed by atoms with Gasteiger partial charge in [0.05, 0.1) is 21.7 Å². The van der Waals surface area contributed by atoms with Crippen molar-refractivity contribution < 1.29 is 14.5 Å². The molecule has 0 unspecified atom stereocenters. The zero-order valence-corrected chi connectivity index (χ0v) is 16.7. The molecule has 0 bridgehead atoms. The maximum absolute atomic E-state index is 13.2. The molecular weight excluding hydrogens is 420 g/mol. The quantitative estimate of drug-likeness (QED) is 0.271. The molecular formula is C22H15ClN4O4. The summed E-state index contributed by atoms with van der Waals surface area (Å²) in [6.45, 7) is 0. The summed E-state index contributed by atoms with van der Waals surface area (Å²) in [5, 5.41) is 14.2. The Hall–Kier alpha value is -4.17. The number of ketones is 1. The van der Waals surface area contributed by atoms with Gasteiger partial charge in [-0.3, -0.25) is 19.7 Å². The van der Waals surface area contributed by atoms with E-state index in [1.165, 1.54) is 28.7 Å². The van der Waals surface area contributed by atoms with Crippen LogP contribution in [0.15, 0.2) is 72.9 Å². The van der Waals surface area contributed by atoms with Gasteiger partial charge in [-0.05, 0) is 48.5 Å². The number of nitrogens with zero attached hydrogens (tertiary/aromatic N) is 2. The summed E-state index contributed by atoms with van der Waals surface area (Å²) in [4.78, 5) is 36.5. The van der Waals surface area contributed by atoms with Crippen molar-refractivity contribution >= 4 is 45.9 Å². The monoisotopic (exact) mass is 434 g/mol. The van der Waals surface area contributed by atoms with Crippen LogP contribution in [0.5, 0.6) is 0 Å². The third kappa shape index (κ3) is 3.72. The number of nitro benzene ring substituents is 1. The molecule has 2 aromatic heterocycles. The van der Waals surface area contributed by atoms with E-state index in [1.807, 2.05) is 0 Å². The number of carbonyl (C=O) groups is 2. The first kappa shape index (κ1) is 20.1. The molecule has 9 heteroatoms. The lowest BCUT2D eigenvalue weighted by Crippen LogP contribution is -2.14. The number of anilines is 2. The maximum Gasteiger partial charge on any atom is 0.269 e. The number of rotatable bonds is 5. The van der Waals surface area contributed by atoms with Crippen molar-refractivity contribution in [3.8, 4) is 0 Å². The lowest BCUT2D eigenvalue weighted by Gasteiger charge is -2.06. The number of nitrogens with one attached hydrogen (secondary N) is 1. The molecule has 4 aromatic rings. The number of hydrogen-bond donors (Lipinski definition) is 2. The Morgan fingerprint density at radius 1 is 1.00 bits per heavy atom. The Balaban J connectivity index is 1.77. The molecule has 1 amide bonds. The molecule has 31 heavy (non-hydrogen) atoms. The third-order valence-corrected chi connectivity index (χ3v) is 5.02. The van der Waals surface area contributed by atoms with Crippen LogP contribution in [0.3, 0.4) is 0 Å². The minimum Gasteiger partial charge on any atom is -0.396 e. The lowest BCUT2D eigenvalue weighted by atomic mass is 10.1. The van der Waals surface area contributed by atoms with E-state index in [1.54, 1.807) is 48.7 Å². The van der Waals surface area contributed by atoms with Gasteiger partial charge in [-0.2, -0.15) is 0 Å². The Labute approximate surface area is 181 Å². The van der Waals surface area contributed by atoms with Gasteiger partial charge in [-0.15, -0.1) is 0 Å². The van der Waals surface area contributed by atoms with Crippen LogP contribution in [0.4, 0.5) is 17.1 Å². The number of nitro groups is 1. The summed E-state index contributed by atoms with van der Waals surface area (Å²) in [6, 6.07) is 16.9. The second kappa shape index (κ2) is 7.92. The second-order valence-electron chi connectivity index (χ2n) is 6.69. The Morgan fingerprint density at radius 2 is 1.68 bits per heavy atom. The van der Waals surface area contributed by atoms with E-state index < -0.39 is 16.6 Å². The molecule has 0 spiro atoms. The number of halogens is 1. The molecule has 0 aliphatic carbocycles. The van der Waals surface area contributed by atoms with E-state index in [0.29, 0.717) is 16.2 Å². The van der Waals surface area contributed by atoms with Gasteiger partial charge in [0.1, 0.15) is 5.69 Å². The van der Waals surface area contributed by atoms with Crippen molar-refractivity contribution in [3.63, 3.8) is 0 Å². The summed E-state index contributed by atoms with van der Waals surface area (Å²) in [7, 11) is 0. The highest BCUT2D eigenvalue weighted by atomic mass is 35.5. The van der Waals surface area contributed by atoms with Crippen LogP contribution in [0, 0.1) is 10.1 Å². The van der Waals surface area contributed by atoms with Crippen molar-refractivity contribution in [3.05, 3.63) is 105 Å². The van der Waals surface area contributed by atoms with Gasteiger partial charge in [0, 0.05) is 34.6 Å². The van der Waals surface area contributed by atoms with Gasteiger partial charge < -0.3 is 15.5 Å². The second-order valence-corrected chi connectivity index (χ2v) is 7.12. The Kier molecular flexibility index (Phi) is 5.14. The predicted octanol–water partition coefficient (Wildman–Crippen LogP) is 4.57. The first-order valence-electron chi connectivity index (χ1n) is 9.11. The van der Waals surface area contributed by atoms with Gasteiger partial charge in [-0.25, -0.2) is 0 Å². The molecule has 0 saturated heterocycles. The highest BCUT2D eigenvalue weighted by molar-refractivity contribution is 6.30. The van der Waals surface area contributed by atoms with E-state index in [9.17, 15) is 19.7 Å². The number of benzene rings is 2. The predicted molar refractivity (Wildman–Crippen MR) is 118 cm³/mol. The zero-order valence-electron chi connectivity index (χ0n) is 15.9. The molecule has 0 atom stereocenters. The van der Waals surface area contributed by atoms with Crippen LogP contribution in [-0.4, -0.2) is 21.0 Å². The van der Waals surface area contributed by atoms with Crippen LogP contribution in [0.1, 0.15) is 26.4 Å². The van der Waals surface area contributed by atoms with Crippen LogP contribution in [0.2, 0.25) is 5.02 Å². The summed E-state index contributed by atoms with van der Waals surface area (Å²) >= 11 is 5.88. The largest absolute Gasteiger partial charge is 0.396 e. The van der Waals surface area contributed by atoms with Crippen molar-refractivity contribution in [2.75, 3.05) is 11.1 Å². The van der Waals surface area contributed by atoms with E-state index in [2.05, 4.69) is 5.32 Å². The van der Waals surface area contributed by atoms with Crippen LogP contribution in [-0.2, 0) is 0 Å². The van der Waals surface area contributed by atoms with E-state index in [0.717, 1.165) is 0 Å². The van der Waals surface area contributed by atoms with Gasteiger partial charge in [0.15, 0.2) is 0 Å². The minimum atomic E-state index is -0.547. The number of aromatic nitrogens is 1. The average Bonchev–Trinajstić information content (AvgIpc) is 3.06. The van der Waals surface area contributed by atoms with Crippen molar-refractivity contribution in [1.82, 2.24) is 4.40 Å². The third-order valence-electron chi connectivity index (χ3n) is 4.77. The van der Waals surface area contributed by atoms with E-state index >= 15 is 0 Å². The average molecular weight is 435 g/mol. The molecule has 4 rings (SSSR count). The first-order chi connectivity index (χ1) is 14.9. The number of pyridine rings is 1. The van der Waals surface area contributed by atoms with Crippen molar-refractivity contribution in [2.45, 2.75) is 0 Å².